The molecule has 1 aliphatic heterocycles. The standard InChI is InChI=1S/C27H20ClNO6S2/c28-19-7-5-18(6-8-19)23(31)15-35-21-11-3-17(4-12-21)14-24-25(32)29(27(36)37-24)22(26(33)34)13-16-1-9-20(30)10-2-16/h1-12,14,22,30H,13,15H2,(H,33,34)/b24-14-/t22-/m0/s1. The first-order chi connectivity index (χ1) is 17.7. The van der Waals surface area contributed by atoms with Crippen LogP contribution in [-0.2, 0) is 16.0 Å². The molecule has 1 heterocycles. The summed E-state index contributed by atoms with van der Waals surface area (Å²) in [5.74, 6) is -1.32. The Morgan fingerprint density at radius 3 is 2.30 bits per heavy atom. The van der Waals surface area contributed by atoms with Crippen molar-refractivity contribution in [1.82, 2.24) is 4.90 Å². The quantitative estimate of drug-likeness (QED) is 0.211. The van der Waals surface area contributed by atoms with Gasteiger partial charge < -0.3 is 14.9 Å². The van der Waals surface area contributed by atoms with Crippen LogP contribution in [0.15, 0.2) is 77.7 Å². The fraction of sp³-hybridized carbons (Fsp3) is 0.111. The Hall–Kier alpha value is -3.66. The molecule has 10 heteroatoms. The normalized spacial score (nSPS) is 15.2. The van der Waals surface area contributed by atoms with E-state index in [0.29, 0.717) is 32.4 Å². The molecule has 3 aromatic rings. The SMILES string of the molecule is O=C(COc1ccc(/C=C2\SC(=S)N([C@@H](Cc3ccc(O)cc3)C(=O)O)C2=O)cc1)c1ccc(Cl)cc1. The van der Waals surface area contributed by atoms with E-state index >= 15 is 0 Å². The van der Waals surface area contributed by atoms with Gasteiger partial charge >= 0.3 is 5.97 Å². The minimum Gasteiger partial charge on any atom is -0.508 e. The van der Waals surface area contributed by atoms with E-state index in [9.17, 15) is 24.6 Å². The molecule has 188 valence electrons. The monoisotopic (exact) mass is 553 g/mol. The number of halogens is 1. The number of nitrogens with zero attached hydrogens (tertiary/aromatic N) is 1. The van der Waals surface area contributed by atoms with Gasteiger partial charge in [-0.2, -0.15) is 0 Å². The first kappa shape index (κ1) is 26.4. The number of aromatic hydroxyl groups is 1. The van der Waals surface area contributed by atoms with Crippen molar-refractivity contribution in [3.8, 4) is 11.5 Å². The van der Waals surface area contributed by atoms with Gasteiger partial charge in [-0.25, -0.2) is 4.79 Å². The maximum Gasteiger partial charge on any atom is 0.327 e. The predicted molar refractivity (Wildman–Crippen MR) is 146 cm³/mol. The number of carbonyl (C=O) groups is 3. The van der Waals surface area contributed by atoms with Crippen molar-refractivity contribution in [1.29, 1.82) is 0 Å². The number of phenols is 1. The van der Waals surface area contributed by atoms with Gasteiger partial charge in [-0.05, 0) is 65.7 Å². The molecule has 7 nitrogen and oxygen atoms in total. The van der Waals surface area contributed by atoms with Gasteiger partial charge in [-0.3, -0.25) is 14.5 Å². The average Bonchev–Trinajstić information content (AvgIpc) is 3.15. The van der Waals surface area contributed by atoms with Crippen LogP contribution < -0.4 is 4.74 Å². The van der Waals surface area contributed by atoms with Crippen molar-refractivity contribution in [2.24, 2.45) is 0 Å². The molecule has 37 heavy (non-hydrogen) atoms. The van der Waals surface area contributed by atoms with Crippen LogP contribution in [-0.4, -0.2) is 49.7 Å². The minimum atomic E-state index is -1.18. The van der Waals surface area contributed by atoms with Crippen LogP contribution >= 0.6 is 35.6 Å². The number of phenolic OH excluding ortho intramolecular Hbond substituents is 1. The molecular weight excluding hydrogens is 534 g/mol. The van der Waals surface area contributed by atoms with Crippen LogP contribution in [0.25, 0.3) is 6.08 Å². The summed E-state index contributed by atoms with van der Waals surface area (Å²) in [4.78, 5) is 38.8. The largest absolute Gasteiger partial charge is 0.508 e. The zero-order valence-corrected chi connectivity index (χ0v) is 21.6. The Morgan fingerprint density at radius 1 is 1.03 bits per heavy atom. The number of amides is 1. The number of Topliss-reactive ketones (excluding diaryl/α,β-unsaturated/α-hetero) is 1. The smallest absolute Gasteiger partial charge is 0.327 e. The van der Waals surface area contributed by atoms with E-state index in [1.54, 1.807) is 66.7 Å². The molecule has 0 aliphatic carbocycles. The van der Waals surface area contributed by atoms with E-state index in [2.05, 4.69) is 0 Å². The van der Waals surface area contributed by atoms with Gasteiger partial charge in [0.25, 0.3) is 5.91 Å². The van der Waals surface area contributed by atoms with Crippen molar-refractivity contribution in [2.45, 2.75) is 12.5 Å². The Kier molecular flexibility index (Phi) is 8.27. The maximum absolute atomic E-state index is 13.1. The van der Waals surface area contributed by atoms with Gasteiger partial charge in [0, 0.05) is 17.0 Å². The Balaban J connectivity index is 1.42. The van der Waals surface area contributed by atoms with Crippen molar-refractivity contribution >= 4 is 63.6 Å². The molecule has 1 aliphatic rings. The number of carbonyl (C=O) groups excluding carboxylic acids is 2. The molecule has 1 saturated heterocycles. The lowest BCUT2D eigenvalue weighted by atomic mass is 10.0. The molecule has 1 fully saturated rings. The zero-order chi connectivity index (χ0) is 26.5. The number of benzene rings is 3. The summed E-state index contributed by atoms with van der Waals surface area (Å²) in [5, 5.41) is 19.8. The average molecular weight is 554 g/mol. The van der Waals surface area contributed by atoms with E-state index in [4.69, 9.17) is 28.6 Å². The molecule has 0 spiro atoms. The van der Waals surface area contributed by atoms with Crippen molar-refractivity contribution < 1.29 is 29.3 Å². The highest BCUT2D eigenvalue weighted by atomic mass is 35.5. The number of carboxylic acids is 1. The molecular formula is C27H20ClNO6S2. The van der Waals surface area contributed by atoms with Crippen LogP contribution in [0, 0.1) is 0 Å². The molecule has 0 radical (unpaired) electrons. The number of thiocarbonyl (C=S) groups is 1. The van der Waals surface area contributed by atoms with Gasteiger partial charge in [-0.1, -0.05) is 59.8 Å². The highest BCUT2D eigenvalue weighted by Gasteiger charge is 2.40. The number of ketones is 1. The third-order valence-electron chi connectivity index (χ3n) is 5.50. The van der Waals surface area contributed by atoms with Crippen LogP contribution in [0.4, 0.5) is 0 Å². The second kappa shape index (κ2) is 11.6. The van der Waals surface area contributed by atoms with Gasteiger partial charge in [0.1, 0.15) is 21.9 Å². The summed E-state index contributed by atoms with van der Waals surface area (Å²) in [7, 11) is 0. The van der Waals surface area contributed by atoms with Crippen molar-refractivity contribution in [3.05, 3.63) is 99.4 Å². The van der Waals surface area contributed by atoms with E-state index in [1.807, 2.05) is 0 Å². The summed E-state index contributed by atoms with van der Waals surface area (Å²) < 4.78 is 5.72. The number of rotatable bonds is 9. The lowest BCUT2D eigenvalue weighted by molar-refractivity contribution is -0.145. The van der Waals surface area contributed by atoms with E-state index < -0.39 is 17.9 Å². The summed E-state index contributed by atoms with van der Waals surface area (Å²) in [6, 6.07) is 18.3. The van der Waals surface area contributed by atoms with Crippen molar-refractivity contribution in [2.75, 3.05) is 6.61 Å². The van der Waals surface area contributed by atoms with Gasteiger partial charge in [0.2, 0.25) is 0 Å². The number of carboxylic acid groups (broad SMARTS) is 1. The molecule has 2 N–H and O–H groups in total. The maximum atomic E-state index is 13.1. The molecule has 0 aromatic heterocycles. The number of thioether (sulfide) groups is 1. The third-order valence-corrected chi connectivity index (χ3v) is 7.08. The first-order valence-corrected chi connectivity index (χ1v) is 12.6. The number of ether oxygens (including phenoxy) is 1. The van der Waals surface area contributed by atoms with Crippen LogP contribution in [0.1, 0.15) is 21.5 Å². The third kappa shape index (κ3) is 6.56. The molecule has 0 unspecified atom stereocenters. The van der Waals surface area contributed by atoms with Gasteiger partial charge in [0.05, 0.1) is 4.91 Å². The van der Waals surface area contributed by atoms with E-state index in [0.717, 1.165) is 16.7 Å². The summed E-state index contributed by atoms with van der Waals surface area (Å²) in [6.07, 6.45) is 1.66. The zero-order valence-electron chi connectivity index (χ0n) is 19.2. The van der Waals surface area contributed by atoms with Crippen LogP contribution in [0.3, 0.4) is 0 Å². The number of hydrogen-bond acceptors (Lipinski definition) is 7. The lowest BCUT2D eigenvalue weighted by Crippen LogP contribution is -2.45. The van der Waals surface area contributed by atoms with Crippen molar-refractivity contribution in [3.63, 3.8) is 0 Å². The summed E-state index contributed by atoms with van der Waals surface area (Å²) >= 11 is 12.2. The minimum absolute atomic E-state index is 0.0378. The molecule has 0 saturated carbocycles. The van der Waals surface area contributed by atoms with E-state index in [1.165, 1.54) is 12.1 Å². The fourth-order valence-corrected chi connectivity index (χ4v) is 5.06. The van der Waals surface area contributed by atoms with E-state index in [-0.39, 0.29) is 28.9 Å². The Bertz CT molecular complexity index is 1370. The fourth-order valence-electron chi connectivity index (χ4n) is 3.57. The van der Waals surface area contributed by atoms with Gasteiger partial charge in [0.15, 0.2) is 12.4 Å². The predicted octanol–water partition coefficient (Wildman–Crippen LogP) is 5.20. The number of aliphatic carboxylic acids is 1. The lowest BCUT2D eigenvalue weighted by Gasteiger charge is -2.23. The summed E-state index contributed by atoms with van der Waals surface area (Å²) in [6.45, 7) is -0.142. The molecule has 0 bridgehead atoms. The molecule has 4 rings (SSSR count). The summed E-state index contributed by atoms with van der Waals surface area (Å²) in [5.41, 5.74) is 1.82. The Morgan fingerprint density at radius 2 is 1.68 bits per heavy atom. The highest BCUT2D eigenvalue weighted by molar-refractivity contribution is 8.26. The molecule has 1 atom stereocenters. The second-order valence-corrected chi connectivity index (χ2v) is 10.2. The highest BCUT2D eigenvalue weighted by Crippen LogP contribution is 2.35. The Labute approximate surface area is 227 Å². The first-order valence-electron chi connectivity index (χ1n) is 11.0. The number of hydrogen-bond donors (Lipinski definition) is 2. The molecule has 1 amide bonds. The van der Waals surface area contributed by atoms with Gasteiger partial charge in [-0.15, -0.1) is 0 Å². The van der Waals surface area contributed by atoms with Crippen LogP contribution in [0.5, 0.6) is 11.5 Å². The topological polar surface area (TPSA) is 104 Å². The second-order valence-electron chi connectivity index (χ2n) is 8.06. The van der Waals surface area contributed by atoms with Crippen LogP contribution in [0.2, 0.25) is 5.02 Å². The molecule has 3 aromatic carbocycles.